The SMILES string of the molecule is CCOC(=O)S1=CC(C)(N(c2nccc(N(C)Cc3nn[nH]n3)n2)N2CCC(O)CC2)CN1. The van der Waals surface area contributed by atoms with E-state index in [-0.39, 0.29) is 11.4 Å². The zero-order valence-electron chi connectivity index (χ0n) is 19.0. The van der Waals surface area contributed by atoms with Crippen molar-refractivity contribution in [1.82, 2.24) is 40.3 Å². The predicted molar refractivity (Wildman–Crippen MR) is 125 cm³/mol. The number of ether oxygens (including phenoxy) is 1. The molecule has 0 saturated carbocycles. The highest BCUT2D eigenvalue weighted by Crippen LogP contribution is 2.32. The summed E-state index contributed by atoms with van der Waals surface area (Å²) >= 11 is 0. The number of carbonyl (C=O) groups excluding carboxylic acids is 1. The Kier molecular flexibility index (Phi) is 7.17. The molecule has 14 heteroatoms. The number of piperidine rings is 1. The Labute approximate surface area is 194 Å². The zero-order valence-corrected chi connectivity index (χ0v) is 19.8. The lowest BCUT2D eigenvalue weighted by atomic mass is 10.0. The van der Waals surface area contributed by atoms with Crippen LogP contribution in [-0.2, 0) is 11.3 Å². The molecule has 0 amide bonds. The van der Waals surface area contributed by atoms with Crippen molar-refractivity contribution < 1.29 is 14.6 Å². The van der Waals surface area contributed by atoms with Gasteiger partial charge in [-0.05, 0) is 48.8 Å². The highest BCUT2D eigenvalue weighted by molar-refractivity contribution is 8.26. The summed E-state index contributed by atoms with van der Waals surface area (Å²) in [6.07, 6.45) is 2.71. The molecule has 3 N–H and O–H groups in total. The molecule has 180 valence electrons. The van der Waals surface area contributed by atoms with Crippen LogP contribution in [0.4, 0.5) is 16.6 Å². The third-order valence-corrected chi connectivity index (χ3v) is 7.26. The predicted octanol–water partition coefficient (Wildman–Crippen LogP) is 0.309. The fourth-order valence-corrected chi connectivity index (χ4v) is 5.58. The van der Waals surface area contributed by atoms with Crippen LogP contribution in [0.5, 0.6) is 0 Å². The van der Waals surface area contributed by atoms with Gasteiger partial charge in [0, 0.05) is 32.9 Å². The number of H-pyrrole nitrogens is 1. The second-order valence-electron chi connectivity index (χ2n) is 8.21. The standard InChI is InChI=1S/C19H30N10O3S/c1-4-32-18(31)33-13-19(2,12-21-33)29(28-9-6-14(30)7-10-28)17-20-8-5-16(22-17)27(3)11-15-23-25-26-24-15/h5,8,13-14,21,30H,4,6-7,9-12H2,1-3H3,(H,23,24,25,26). The number of hydrogen-bond donors (Lipinski definition) is 3. The molecule has 2 aromatic rings. The van der Waals surface area contributed by atoms with Gasteiger partial charge in [0.25, 0.3) is 0 Å². The topological polar surface area (TPSA) is 149 Å². The number of aliphatic hydroxyl groups excluding tert-OH is 1. The highest BCUT2D eigenvalue weighted by atomic mass is 32.2. The van der Waals surface area contributed by atoms with E-state index in [1.165, 1.54) is 0 Å². The van der Waals surface area contributed by atoms with Crippen molar-refractivity contribution in [3.63, 3.8) is 0 Å². The summed E-state index contributed by atoms with van der Waals surface area (Å²) in [7, 11) is 1.07. The molecular weight excluding hydrogens is 448 g/mol. The van der Waals surface area contributed by atoms with Gasteiger partial charge in [-0.15, -0.1) is 10.2 Å². The molecule has 2 aliphatic heterocycles. The molecule has 0 spiro atoms. The van der Waals surface area contributed by atoms with Crippen molar-refractivity contribution in [2.45, 2.75) is 44.9 Å². The van der Waals surface area contributed by atoms with Gasteiger partial charge in [0.05, 0.1) is 24.8 Å². The molecule has 0 radical (unpaired) electrons. The van der Waals surface area contributed by atoms with Gasteiger partial charge >= 0.3 is 5.30 Å². The van der Waals surface area contributed by atoms with Gasteiger partial charge in [-0.2, -0.15) is 10.2 Å². The smallest absolute Gasteiger partial charge is 0.375 e. The van der Waals surface area contributed by atoms with E-state index in [1.54, 1.807) is 13.1 Å². The van der Waals surface area contributed by atoms with E-state index in [1.807, 2.05) is 28.4 Å². The first-order valence-corrected chi connectivity index (χ1v) is 12.2. The van der Waals surface area contributed by atoms with Crippen LogP contribution in [0.15, 0.2) is 12.3 Å². The van der Waals surface area contributed by atoms with Gasteiger partial charge in [-0.1, -0.05) is 5.21 Å². The van der Waals surface area contributed by atoms with Crippen molar-refractivity contribution in [3.8, 4) is 0 Å². The van der Waals surface area contributed by atoms with Gasteiger partial charge < -0.3 is 14.7 Å². The van der Waals surface area contributed by atoms with Crippen LogP contribution in [0, 0.1) is 0 Å². The largest absolute Gasteiger partial charge is 0.457 e. The van der Waals surface area contributed by atoms with Crippen LogP contribution in [0.3, 0.4) is 0 Å². The van der Waals surface area contributed by atoms with Crippen LogP contribution in [0.1, 0.15) is 32.5 Å². The molecule has 2 aliphatic rings. The second kappa shape index (κ2) is 10.1. The summed E-state index contributed by atoms with van der Waals surface area (Å²) in [6.45, 7) is 6.46. The first-order chi connectivity index (χ1) is 15.9. The average Bonchev–Trinajstić information content (AvgIpc) is 3.46. The average molecular weight is 479 g/mol. The fraction of sp³-hybridized carbons (Fsp3) is 0.632. The first-order valence-electron chi connectivity index (χ1n) is 10.9. The number of aromatic amines is 1. The van der Waals surface area contributed by atoms with Gasteiger partial charge in [-0.3, -0.25) is 9.73 Å². The molecule has 4 rings (SSSR count). The minimum Gasteiger partial charge on any atom is -0.457 e. The van der Waals surface area contributed by atoms with Gasteiger partial charge in [-0.25, -0.2) is 14.8 Å². The van der Waals surface area contributed by atoms with E-state index in [9.17, 15) is 9.90 Å². The maximum Gasteiger partial charge on any atom is 0.375 e. The maximum atomic E-state index is 12.4. The Morgan fingerprint density at radius 3 is 2.91 bits per heavy atom. The van der Waals surface area contributed by atoms with E-state index < -0.39 is 16.2 Å². The molecule has 1 fully saturated rings. The minimum absolute atomic E-state index is 0.273. The molecule has 2 aromatic heterocycles. The Morgan fingerprint density at radius 2 is 2.21 bits per heavy atom. The van der Waals surface area contributed by atoms with Gasteiger partial charge in [0.1, 0.15) is 5.82 Å². The molecule has 0 aromatic carbocycles. The van der Waals surface area contributed by atoms with Crippen LogP contribution < -0.4 is 14.6 Å². The Bertz CT molecular complexity index is 982. The monoisotopic (exact) mass is 478 g/mol. The Hall–Kier alpha value is -2.68. The summed E-state index contributed by atoms with van der Waals surface area (Å²) in [5.74, 6) is 1.77. The molecule has 4 heterocycles. The van der Waals surface area contributed by atoms with E-state index in [4.69, 9.17) is 9.72 Å². The number of anilines is 2. The van der Waals surface area contributed by atoms with Crippen molar-refractivity contribution in [1.29, 1.82) is 0 Å². The summed E-state index contributed by atoms with van der Waals surface area (Å²) in [5.41, 5.74) is -0.566. The summed E-state index contributed by atoms with van der Waals surface area (Å²) in [5, 5.41) is 30.0. The minimum atomic E-state index is -0.830. The van der Waals surface area contributed by atoms with Crippen molar-refractivity contribution in [3.05, 3.63) is 18.1 Å². The van der Waals surface area contributed by atoms with Crippen molar-refractivity contribution in [2.24, 2.45) is 0 Å². The van der Waals surface area contributed by atoms with Crippen molar-refractivity contribution in [2.75, 3.05) is 43.2 Å². The molecular formula is C19H30N10O3S. The highest BCUT2D eigenvalue weighted by Gasteiger charge is 2.42. The zero-order chi connectivity index (χ0) is 23.4. The third-order valence-electron chi connectivity index (χ3n) is 5.58. The number of hydrazine groups is 1. The summed E-state index contributed by atoms with van der Waals surface area (Å²) in [4.78, 5) is 23.7. The first kappa shape index (κ1) is 23.5. The van der Waals surface area contributed by atoms with E-state index in [0.29, 0.717) is 63.2 Å². The Balaban J connectivity index is 1.65. The fourth-order valence-electron chi connectivity index (χ4n) is 3.90. The summed E-state index contributed by atoms with van der Waals surface area (Å²) < 4.78 is 8.51. The number of nitrogens with zero attached hydrogens (tertiary/aromatic N) is 8. The Morgan fingerprint density at radius 1 is 1.42 bits per heavy atom. The lowest BCUT2D eigenvalue weighted by molar-refractivity contribution is 0.0674. The van der Waals surface area contributed by atoms with Crippen LogP contribution >= 0.6 is 10.7 Å². The number of tetrazole rings is 1. The number of aromatic nitrogens is 6. The number of rotatable bonds is 7. The van der Waals surface area contributed by atoms with E-state index >= 15 is 0 Å². The molecule has 0 aliphatic carbocycles. The van der Waals surface area contributed by atoms with E-state index in [2.05, 4.69) is 42.3 Å². The molecule has 1 saturated heterocycles. The quantitative estimate of drug-likeness (QED) is 0.371. The molecule has 2 atom stereocenters. The number of hydrogen-bond acceptors (Lipinski definition) is 12. The molecule has 33 heavy (non-hydrogen) atoms. The van der Waals surface area contributed by atoms with Crippen LogP contribution in [0.25, 0.3) is 0 Å². The number of nitrogens with one attached hydrogen (secondary N) is 2. The van der Waals surface area contributed by atoms with Crippen LogP contribution in [-0.4, -0.2) is 96.3 Å². The van der Waals surface area contributed by atoms with Crippen LogP contribution in [0.2, 0.25) is 0 Å². The maximum absolute atomic E-state index is 12.4. The number of aliphatic hydroxyl groups is 1. The normalized spacial score (nSPS) is 23.8. The third kappa shape index (κ3) is 5.29. The molecule has 2 unspecified atom stereocenters. The van der Waals surface area contributed by atoms with Crippen molar-refractivity contribution >= 4 is 33.1 Å². The van der Waals surface area contributed by atoms with Gasteiger partial charge in [0.2, 0.25) is 5.95 Å². The lowest BCUT2D eigenvalue weighted by Crippen LogP contribution is -2.61. The number of carbonyl (C=O) groups is 1. The molecule has 13 nitrogen and oxygen atoms in total. The summed E-state index contributed by atoms with van der Waals surface area (Å²) in [6, 6.07) is 1.82. The van der Waals surface area contributed by atoms with E-state index in [0.717, 1.165) is 0 Å². The van der Waals surface area contributed by atoms with Gasteiger partial charge in [0.15, 0.2) is 5.82 Å². The second-order valence-corrected chi connectivity index (χ2v) is 9.75. The lowest BCUT2D eigenvalue weighted by Gasteiger charge is -2.46. The molecule has 0 bridgehead atoms.